The maximum Gasteiger partial charge on any atom is 0.246 e. The van der Waals surface area contributed by atoms with Crippen LogP contribution in [0.5, 0.6) is 0 Å². The largest absolute Gasteiger partial charge is 0.336 e. The second-order valence-electron chi connectivity index (χ2n) is 6.74. The monoisotopic (exact) mass is 352 g/mol. The average molecular weight is 353 g/mol. The van der Waals surface area contributed by atoms with Crippen molar-refractivity contribution in [3.05, 3.63) is 76.3 Å². The van der Waals surface area contributed by atoms with Crippen molar-refractivity contribution in [2.24, 2.45) is 0 Å². The number of carbonyl (C=O) groups excluding carboxylic acids is 1. The highest BCUT2D eigenvalue weighted by atomic mass is 35.5. The van der Waals surface area contributed by atoms with Gasteiger partial charge in [0.05, 0.1) is 0 Å². The van der Waals surface area contributed by atoms with Gasteiger partial charge in [0.15, 0.2) is 0 Å². The molecule has 0 saturated carbocycles. The van der Waals surface area contributed by atoms with Crippen LogP contribution in [0.4, 0.5) is 0 Å². The molecule has 2 aromatic carbocycles. The molecule has 1 fully saturated rings. The first kappa shape index (κ1) is 16.4. The number of halogens is 1. The van der Waals surface area contributed by atoms with Gasteiger partial charge in [0, 0.05) is 43.3 Å². The average Bonchev–Trinajstić information content (AvgIpc) is 2.60. The predicted molar refractivity (Wildman–Crippen MR) is 101 cm³/mol. The number of nitrogens with zero attached hydrogens (tertiary/aromatic N) is 2. The van der Waals surface area contributed by atoms with Crippen molar-refractivity contribution in [1.82, 2.24) is 9.80 Å². The molecule has 3 nitrogen and oxygen atoms in total. The lowest BCUT2D eigenvalue weighted by molar-refractivity contribution is -0.133. The zero-order chi connectivity index (χ0) is 17.2. The van der Waals surface area contributed by atoms with Crippen LogP contribution < -0.4 is 0 Å². The van der Waals surface area contributed by atoms with Crippen LogP contribution in [-0.4, -0.2) is 41.4 Å². The second kappa shape index (κ2) is 7.03. The van der Waals surface area contributed by atoms with E-state index in [1.54, 1.807) is 12.2 Å². The Bertz CT molecular complexity index is 811. The molecule has 0 unspecified atom stereocenters. The third-order valence-corrected chi connectivity index (χ3v) is 5.51. The maximum atomic E-state index is 12.3. The van der Waals surface area contributed by atoms with E-state index in [1.165, 1.54) is 11.1 Å². The van der Waals surface area contributed by atoms with Gasteiger partial charge in [-0.25, -0.2) is 0 Å². The van der Waals surface area contributed by atoms with E-state index in [0.29, 0.717) is 11.1 Å². The molecule has 0 aromatic heterocycles. The molecule has 2 aromatic rings. The fraction of sp³-hybridized carbons (Fsp3) is 0.286. The van der Waals surface area contributed by atoms with Crippen LogP contribution in [0.2, 0.25) is 5.02 Å². The van der Waals surface area contributed by atoms with Crippen molar-refractivity contribution >= 4 is 23.6 Å². The Kier molecular flexibility index (Phi) is 4.60. The maximum absolute atomic E-state index is 12.3. The van der Waals surface area contributed by atoms with Gasteiger partial charge in [0.2, 0.25) is 5.91 Å². The molecular formula is C21H21ClN2O. The van der Waals surface area contributed by atoms with Crippen molar-refractivity contribution in [1.29, 1.82) is 0 Å². The number of likely N-dealkylation sites (tertiary alicyclic amines) is 1. The standard InChI is InChI=1S/C21H21ClN2O/c22-20-8-4-3-6-17(20)9-10-21(25)24-14-19(15-24)23-12-11-16-5-1-2-7-18(16)13-23/h1-10,19H,11-15H2/b10-9+. The van der Waals surface area contributed by atoms with E-state index in [4.69, 9.17) is 11.6 Å². The Morgan fingerprint density at radius 3 is 2.56 bits per heavy atom. The molecule has 1 saturated heterocycles. The van der Waals surface area contributed by atoms with Crippen LogP contribution >= 0.6 is 11.6 Å². The number of hydrogen-bond donors (Lipinski definition) is 0. The highest BCUT2D eigenvalue weighted by Gasteiger charge is 2.35. The quantitative estimate of drug-likeness (QED) is 0.788. The SMILES string of the molecule is O=C(/C=C/c1ccccc1Cl)N1CC(N2CCc3ccccc3C2)C1. The highest BCUT2D eigenvalue weighted by molar-refractivity contribution is 6.32. The van der Waals surface area contributed by atoms with Crippen molar-refractivity contribution in [3.8, 4) is 0 Å². The van der Waals surface area contributed by atoms with Crippen LogP contribution in [0.25, 0.3) is 6.08 Å². The molecule has 1 amide bonds. The Labute approximate surface area is 153 Å². The zero-order valence-corrected chi connectivity index (χ0v) is 14.8. The van der Waals surface area contributed by atoms with E-state index in [2.05, 4.69) is 29.2 Å². The molecule has 0 radical (unpaired) electrons. The summed E-state index contributed by atoms with van der Waals surface area (Å²) >= 11 is 6.12. The van der Waals surface area contributed by atoms with Gasteiger partial charge in [-0.1, -0.05) is 54.1 Å². The number of carbonyl (C=O) groups is 1. The molecule has 0 spiro atoms. The summed E-state index contributed by atoms with van der Waals surface area (Å²) in [5.41, 5.74) is 3.77. The number of benzene rings is 2. The van der Waals surface area contributed by atoms with Crippen molar-refractivity contribution < 1.29 is 4.79 Å². The van der Waals surface area contributed by atoms with Gasteiger partial charge in [0.1, 0.15) is 0 Å². The van der Waals surface area contributed by atoms with Crippen LogP contribution in [0, 0.1) is 0 Å². The number of hydrogen-bond acceptors (Lipinski definition) is 2. The lowest BCUT2D eigenvalue weighted by Gasteiger charge is -2.46. The Balaban J connectivity index is 1.32. The summed E-state index contributed by atoms with van der Waals surface area (Å²) in [4.78, 5) is 16.7. The zero-order valence-electron chi connectivity index (χ0n) is 14.1. The van der Waals surface area contributed by atoms with Gasteiger partial charge >= 0.3 is 0 Å². The lowest BCUT2D eigenvalue weighted by Crippen LogP contribution is -2.61. The molecule has 2 heterocycles. The molecule has 2 aliphatic heterocycles. The Hall–Kier alpha value is -2.10. The molecule has 0 bridgehead atoms. The number of amides is 1. The fourth-order valence-corrected chi connectivity index (χ4v) is 3.77. The van der Waals surface area contributed by atoms with Crippen LogP contribution in [0.1, 0.15) is 16.7 Å². The summed E-state index contributed by atoms with van der Waals surface area (Å²) in [5.74, 6) is 0.0635. The second-order valence-corrected chi connectivity index (χ2v) is 7.15. The first-order valence-electron chi connectivity index (χ1n) is 8.73. The molecule has 25 heavy (non-hydrogen) atoms. The summed E-state index contributed by atoms with van der Waals surface area (Å²) in [6.07, 6.45) is 4.53. The topological polar surface area (TPSA) is 23.6 Å². The predicted octanol–water partition coefficient (Wildman–Crippen LogP) is 3.62. The summed E-state index contributed by atoms with van der Waals surface area (Å²) in [5, 5.41) is 0.667. The smallest absolute Gasteiger partial charge is 0.246 e. The minimum atomic E-state index is 0.0635. The molecule has 0 aliphatic carbocycles. The van der Waals surface area contributed by atoms with E-state index < -0.39 is 0 Å². The third kappa shape index (κ3) is 3.48. The van der Waals surface area contributed by atoms with Crippen molar-refractivity contribution in [3.63, 3.8) is 0 Å². The fourth-order valence-electron chi connectivity index (χ4n) is 3.57. The summed E-state index contributed by atoms with van der Waals surface area (Å²) in [6, 6.07) is 16.7. The summed E-state index contributed by atoms with van der Waals surface area (Å²) in [6.45, 7) is 3.71. The number of fused-ring (bicyclic) bond motifs is 1. The van der Waals surface area contributed by atoms with Gasteiger partial charge in [-0.05, 0) is 35.3 Å². The van der Waals surface area contributed by atoms with E-state index in [0.717, 1.165) is 38.2 Å². The molecule has 0 N–H and O–H groups in total. The Morgan fingerprint density at radius 1 is 1.04 bits per heavy atom. The van der Waals surface area contributed by atoms with Crippen molar-refractivity contribution in [2.75, 3.05) is 19.6 Å². The van der Waals surface area contributed by atoms with Gasteiger partial charge < -0.3 is 4.90 Å². The van der Waals surface area contributed by atoms with E-state index >= 15 is 0 Å². The van der Waals surface area contributed by atoms with Crippen LogP contribution in [0.3, 0.4) is 0 Å². The normalized spacial score (nSPS) is 18.2. The van der Waals surface area contributed by atoms with Gasteiger partial charge in [-0.3, -0.25) is 9.69 Å². The molecule has 4 heteroatoms. The van der Waals surface area contributed by atoms with Gasteiger partial charge in [-0.2, -0.15) is 0 Å². The first-order chi connectivity index (χ1) is 12.2. The van der Waals surface area contributed by atoms with Gasteiger partial charge in [0.25, 0.3) is 0 Å². The molecule has 0 atom stereocenters. The van der Waals surface area contributed by atoms with E-state index in [9.17, 15) is 4.79 Å². The summed E-state index contributed by atoms with van der Waals surface area (Å²) < 4.78 is 0. The highest BCUT2D eigenvalue weighted by Crippen LogP contribution is 2.24. The van der Waals surface area contributed by atoms with Crippen molar-refractivity contribution in [2.45, 2.75) is 19.0 Å². The third-order valence-electron chi connectivity index (χ3n) is 5.16. The minimum Gasteiger partial charge on any atom is -0.336 e. The van der Waals surface area contributed by atoms with E-state index in [-0.39, 0.29) is 5.91 Å². The number of rotatable bonds is 3. The molecule has 4 rings (SSSR count). The first-order valence-corrected chi connectivity index (χ1v) is 9.11. The molecular weight excluding hydrogens is 332 g/mol. The Morgan fingerprint density at radius 2 is 1.76 bits per heavy atom. The van der Waals surface area contributed by atoms with Gasteiger partial charge in [-0.15, -0.1) is 0 Å². The van der Waals surface area contributed by atoms with Crippen LogP contribution in [-0.2, 0) is 17.8 Å². The minimum absolute atomic E-state index is 0.0635. The molecule has 128 valence electrons. The lowest BCUT2D eigenvalue weighted by atomic mass is 9.96. The van der Waals surface area contributed by atoms with E-state index in [1.807, 2.05) is 29.2 Å². The molecule has 2 aliphatic rings. The van der Waals surface area contributed by atoms with Crippen LogP contribution in [0.15, 0.2) is 54.6 Å². The summed E-state index contributed by atoms with van der Waals surface area (Å²) in [7, 11) is 0.